The molecule has 0 aromatic heterocycles. The van der Waals surface area contributed by atoms with Crippen LogP contribution in [0.3, 0.4) is 0 Å². The van der Waals surface area contributed by atoms with Crippen molar-refractivity contribution in [3.05, 3.63) is 35.9 Å². The van der Waals surface area contributed by atoms with Gasteiger partial charge in [0.05, 0.1) is 6.10 Å². The minimum Gasteiger partial charge on any atom is -0.366 e. The van der Waals surface area contributed by atoms with Gasteiger partial charge in [0.1, 0.15) is 6.61 Å². The summed E-state index contributed by atoms with van der Waals surface area (Å²) in [5.41, 5.74) is 1.11. The van der Waals surface area contributed by atoms with Gasteiger partial charge in [-0.2, -0.15) is 0 Å². The molecule has 1 unspecified atom stereocenters. The Bertz CT molecular complexity index is 280. The fourth-order valence-electron chi connectivity index (χ4n) is 1.14. The molecule has 0 aliphatic rings. The van der Waals surface area contributed by atoms with E-state index < -0.39 is 0 Å². The van der Waals surface area contributed by atoms with Gasteiger partial charge in [-0.1, -0.05) is 37.3 Å². The molecular weight excluding hydrogens is 176 g/mol. The highest BCUT2D eigenvalue weighted by molar-refractivity contribution is 5.79. The van der Waals surface area contributed by atoms with Gasteiger partial charge >= 0.3 is 0 Å². The zero-order valence-electron chi connectivity index (χ0n) is 8.69. The van der Waals surface area contributed by atoms with E-state index in [0.717, 1.165) is 5.56 Å². The predicted molar refractivity (Wildman–Crippen MR) is 56.1 cm³/mol. The topological polar surface area (TPSA) is 26.3 Å². The van der Waals surface area contributed by atoms with E-state index in [-0.39, 0.29) is 18.5 Å². The van der Waals surface area contributed by atoms with Crippen LogP contribution in [0, 0.1) is 0 Å². The number of carbonyl (C=O) groups is 1. The zero-order valence-corrected chi connectivity index (χ0v) is 8.69. The molecule has 0 N–H and O–H groups in total. The lowest BCUT2D eigenvalue weighted by atomic mass is 10.1. The smallest absolute Gasteiger partial charge is 0.158 e. The molecule has 0 radical (unpaired) electrons. The average Bonchev–Trinajstić information content (AvgIpc) is 2.26. The Hall–Kier alpha value is -1.15. The lowest BCUT2D eigenvalue weighted by molar-refractivity contribution is -0.125. The van der Waals surface area contributed by atoms with Gasteiger partial charge in [0, 0.05) is 6.42 Å². The van der Waals surface area contributed by atoms with Crippen LogP contribution in [0.1, 0.15) is 31.9 Å². The SMILES string of the molecule is CCC(=O)COC(C)c1ccccc1. The predicted octanol–water partition coefficient (Wildman–Crippen LogP) is 2.74. The largest absolute Gasteiger partial charge is 0.366 e. The fourth-order valence-corrected chi connectivity index (χ4v) is 1.14. The van der Waals surface area contributed by atoms with Crippen LogP contribution in [0.2, 0.25) is 0 Å². The first-order chi connectivity index (χ1) is 6.74. The van der Waals surface area contributed by atoms with E-state index in [1.807, 2.05) is 44.2 Å². The highest BCUT2D eigenvalue weighted by atomic mass is 16.5. The highest BCUT2D eigenvalue weighted by Crippen LogP contribution is 2.15. The number of ketones is 1. The third kappa shape index (κ3) is 3.30. The molecule has 1 aromatic rings. The van der Waals surface area contributed by atoms with Crippen LogP contribution in [0.25, 0.3) is 0 Å². The van der Waals surface area contributed by atoms with E-state index in [4.69, 9.17) is 4.74 Å². The summed E-state index contributed by atoms with van der Waals surface area (Å²) in [6, 6.07) is 9.91. The minimum absolute atomic E-state index is 0.00769. The fraction of sp³-hybridized carbons (Fsp3) is 0.417. The molecule has 0 saturated carbocycles. The van der Waals surface area contributed by atoms with Crippen molar-refractivity contribution in [3.8, 4) is 0 Å². The second-order valence-electron chi connectivity index (χ2n) is 3.26. The monoisotopic (exact) mass is 192 g/mol. The maximum absolute atomic E-state index is 11.0. The number of Topliss-reactive ketones (excluding diaryl/α,β-unsaturated/α-hetero) is 1. The summed E-state index contributed by atoms with van der Waals surface area (Å²) < 4.78 is 5.43. The molecule has 0 saturated heterocycles. The Morgan fingerprint density at radius 1 is 1.36 bits per heavy atom. The molecule has 14 heavy (non-hydrogen) atoms. The van der Waals surface area contributed by atoms with E-state index >= 15 is 0 Å². The second-order valence-corrected chi connectivity index (χ2v) is 3.26. The van der Waals surface area contributed by atoms with Crippen LogP contribution in [0.5, 0.6) is 0 Å². The minimum atomic E-state index is -0.00769. The van der Waals surface area contributed by atoms with E-state index in [1.54, 1.807) is 0 Å². The summed E-state index contributed by atoms with van der Waals surface area (Å²) in [7, 11) is 0. The molecule has 0 spiro atoms. The van der Waals surface area contributed by atoms with Crippen LogP contribution < -0.4 is 0 Å². The Morgan fingerprint density at radius 2 is 2.00 bits per heavy atom. The molecule has 0 amide bonds. The molecule has 1 atom stereocenters. The van der Waals surface area contributed by atoms with Crippen LogP contribution in [-0.2, 0) is 9.53 Å². The van der Waals surface area contributed by atoms with E-state index in [2.05, 4.69) is 0 Å². The summed E-state index contributed by atoms with van der Waals surface area (Å²) in [5, 5.41) is 0. The van der Waals surface area contributed by atoms with Crippen LogP contribution in [-0.4, -0.2) is 12.4 Å². The normalized spacial score (nSPS) is 12.4. The Labute approximate surface area is 84.9 Å². The molecule has 76 valence electrons. The Kier molecular flexibility index (Phi) is 4.33. The first-order valence-electron chi connectivity index (χ1n) is 4.92. The van der Waals surface area contributed by atoms with Gasteiger partial charge in [-0.05, 0) is 12.5 Å². The summed E-state index contributed by atoms with van der Waals surface area (Å²) in [6.45, 7) is 4.02. The van der Waals surface area contributed by atoms with Gasteiger partial charge in [0.25, 0.3) is 0 Å². The van der Waals surface area contributed by atoms with Crippen molar-refractivity contribution in [2.45, 2.75) is 26.4 Å². The van der Waals surface area contributed by atoms with E-state index in [0.29, 0.717) is 6.42 Å². The Morgan fingerprint density at radius 3 is 2.57 bits per heavy atom. The van der Waals surface area contributed by atoms with Gasteiger partial charge in [-0.15, -0.1) is 0 Å². The van der Waals surface area contributed by atoms with Crippen molar-refractivity contribution < 1.29 is 9.53 Å². The maximum atomic E-state index is 11.0. The third-order valence-corrected chi connectivity index (χ3v) is 2.16. The molecule has 1 aromatic carbocycles. The van der Waals surface area contributed by atoms with Gasteiger partial charge in [0.15, 0.2) is 5.78 Å². The Balaban J connectivity index is 2.43. The van der Waals surface area contributed by atoms with Gasteiger partial charge in [0.2, 0.25) is 0 Å². The average molecular weight is 192 g/mol. The number of benzene rings is 1. The molecule has 0 aliphatic carbocycles. The molecule has 0 aliphatic heterocycles. The van der Waals surface area contributed by atoms with E-state index in [1.165, 1.54) is 0 Å². The van der Waals surface area contributed by atoms with E-state index in [9.17, 15) is 4.79 Å². The van der Waals surface area contributed by atoms with Crippen molar-refractivity contribution in [2.24, 2.45) is 0 Å². The lowest BCUT2D eigenvalue weighted by Crippen LogP contribution is -2.09. The van der Waals surface area contributed by atoms with Gasteiger partial charge < -0.3 is 4.74 Å². The first kappa shape index (κ1) is 10.9. The highest BCUT2D eigenvalue weighted by Gasteiger charge is 2.06. The molecule has 2 heteroatoms. The van der Waals surface area contributed by atoms with Crippen molar-refractivity contribution in [1.29, 1.82) is 0 Å². The van der Waals surface area contributed by atoms with Crippen molar-refractivity contribution >= 4 is 5.78 Å². The van der Waals surface area contributed by atoms with Crippen LogP contribution >= 0.6 is 0 Å². The number of carbonyl (C=O) groups excluding carboxylic acids is 1. The van der Waals surface area contributed by atoms with Crippen molar-refractivity contribution in [1.82, 2.24) is 0 Å². The third-order valence-electron chi connectivity index (χ3n) is 2.16. The number of rotatable bonds is 5. The summed E-state index contributed by atoms with van der Waals surface area (Å²) in [4.78, 5) is 11.0. The number of hydrogen-bond donors (Lipinski definition) is 0. The lowest BCUT2D eigenvalue weighted by Gasteiger charge is -2.12. The second kappa shape index (κ2) is 5.55. The molecule has 0 fully saturated rings. The zero-order chi connectivity index (χ0) is 10.4. The van der Waals surface area contributed by atoms with Gasteiger partial charge in [-0.3, -0.25) is 4.79 Å². The maximum Gasteiger partial charge on any atom is 0.158 e. The number of ether oxygens (including phenoxy) is 1. The van der Waals surface area contributed by atoms with Crippen LogP contribution in [0.4, 0.5) is 0 Å². The quantitative estimate of drug-likeness (QED) is 0.717. The van der Waals surface area contributed by atoms with Crippen molar-refractivity contribution in [2.75, 3.05) is 6.61 Å². The summed E-state index contributed by atoms with van der Waals surface area (Å²) in [6.07, 6.45) is 0.535. The molecule has 1 rings (SSSR count). The molecule has 0 bridgehead atoms. The standard InChI is InChI=1S/C12H16O2/c1-3-12(13)9-14-10(2)11-7-5-4-6-8-11/h4-8,10H,3,9H2,1-2H3. The first-order valence-corrected chi connectivity index (χ1v) is 4.92. The van der Waals surface area contributed by atoms with Crippen LogP contribution in [0.15, 0.2) is 30.3 Å². The molecule has 2 nitrogen and oxygen atoms in total. The summed E-state index contributed by atoms with van der Waals surface area (Å²) >= 11 is 0. The summed E-state index contributed by atoms with van der Waals surface area (Å²) in [5.74, 6) is 0.146. The van der Waals surface area contributed by atoms with Crippen molar-refractivity contribution in [3.63, 3.8) is 0 Å². The molecular formula is C12H16O2. The number of hydrogen-bond acceptors (Lipinski definition) is 2. The molecule has 0 heterocycles. The van der Waals surface area contributed by atoms with Gasteiger partial charge in [-0.25, -0.2) is 0 Å².